The first-order valence-corrected chi connectivity index (χ1v) is 6.34. The molecule has 2 rings (SSSR count). The summed E-state index contributed by atoms with van der Waals surface area (Å²) in [6.45, 7) is 9.78. The molecule has 1 aliphatic carbocycles. The fourth-order valence-corrected chi connectivity index (χ4v) is 2.60. The Morgan fingerprint density at radius 3 is 2.62 bits per heavy atom. The van der Waals surface area contributed by atoms with Crippen LogP contribution in [0.4, 0.5) is 0 Å². The van der Waals surface area contributed by atoms with Gasteiger partial charge in [0.15, 0.2) is 0 Å². The van der Waals surface area contributed by atoms with Gasteiger partial charge in [-0.25, -0.2) is 0 Å². The minimum Gasteiger partial charge on any atom is -0.300 e. The molecule has 1 N–H and O–H groups in total. The Hall–Kier alpha value is -0.590. The van der Waals surface area contributed by atoms with Gasteiger partial charge in [-0.05, 0) is 38.1 Å². The highest BCUT2D eigenvalue weighted by molar-refractivity contribution is 5.09. The molecule has 1 heterocycles. The zero-order valence-corrected chi connectivity index (χ0v) is 10.7. The molecule has 0 aromatic heterocycles. The molecular weight excluding hydrogens is 198 g/mol. The third-order valence-corrected chi connectivity index (χ3v) is 3.64. The van der Waals surface area contributed by atoms with Crippen molar-refractivity contribution in [1.82, 2.24) is 10.2 Å². The summed E-state index contributed by atoms with van der Waals surface area (Å²) in [5.74, 6) is 0. The first-order chi connectivity index (χ1) is 7.42. The standard InChI is InChI=1S/C13H23N3/c1-12(2)6-7-16(9-12)10-13(3,8-14)15-11-4-5-11/h11,15H,4-7,9-10H2,1-3H3. The highest BCUT2D eigenvalue weighted by atomic mass is 15.2. The van der Waals surface area contributed by atoms with Crippen LogP contribution in [0.25, 0.3) is 0 Å². The van der Waals surface area contributed by atoms with Crippen molar-refractivity contribution in [3.63, 3.8) is 0 Å². The molecule has 1 aliphatic heterocycles. The Labute approximate surface area is 98.8 Å². The van der Waals surface area contributed by atoms with E-state index < -0.39 is 0 Å². The van der Waals surface area contributed by atoms with Crippen LogP contribution in [0.5, 0.6) is 0 Å². The number of likely N-dealkylation sites (tertiary alicyclic amines) is 1. The van der Waals surface area contributed by atoms with E-state index in [9.17, 15) is 5.26 Å². The van der Waals surface area contributed by atoms with Crippen LogP contribution in [0.3, 0.4) is 0 Å². The van der Waals surface area contributed by atoms with E-state index in [-0.39, 0.29) is 5.54 Å². The van der Waals surface area contributed by atoms with Crippen molar-refractivity contribution in [3.8, 4) is 6.07 Å². The molecule has 0 radical (unpaired) electrons. The van der Waals surface area contributed by atoms with Crippen molar-refractivity contribution < 1.29 is 0 Å². The van der Waals surface area contributed by atoms with Crippen LogP contribution in [-0.2, 0) is 0 Å². The van der Waals surface area contributed by atoms with Gasteiger partial charge in [-0.15, -0.1) is 0 Å². The molecule has 2 aliphatic rings. The van der Waals surface area contributed by atoms with E-state index in [1.807, 2.05) is 6.92 Å². The van der Waals surface area contributed by atoms with Crippen molar-refractivity contribution in [2.75, 3.05) is 19.6 Å². The van der Waals surface area contributed by atoms with Gasteiger partial charge in [0.05, 0.1) is 6.07 Å². The number of nitrogens with one attached hydrogen (secondary N) is 1. The topological polar surface area (TPSA) is 39.1 Å². The molecule has 1 unspecified atom stereocenters. The molecule has 1 atom stereocenters. The lowest BCUT2D eigenvalue weighted by molar-refractivity contribution is 0.236. The Balaban J connectivity index is 1.89. The zero-order valence-electron chi connectivity index (χ0n) is 10.7. The minimum absolute atomic E-state index is 0.360. The fraction of sp³-hybridized carbons (Fsp3) is 0.923. The van der Waals surface area contributed by atoms with Gasteiger partial charge in [-0.1, -0.05) is 13.8 Å². The normalized spacial score (nSPS) is 28.6. The van der Waals surface area contributed by atoms with Crippen LogP contribution < -0.4 is 5.32 Å². The molecule has 0 aromatic carbocycles. The number of hydrogen-bond donors (Lipinski definition) is 1. The first kappa shape index (κ1) is 11.9. The molecule has 90 valence electrons. The molecule has 0 amide bonds. The lowest BCUT2D eigenvalue weighted by Crippen LogP contribution is -2.51. The summed E-state index contributed by atoms with van der Waals surface area (Å²) in [4.78, 5) is 2.43. The van der Waals surface area contributed by atoms with Crippen LogP contribution in [-0.4, -0.2) is 36.1 Å². The Kier molecular flexibility index (Phi) is 2.98. The average molecular weight is 221 g/mol. The van der Waals surface area contributed by atoms with Gasteiger partial charge in [0.2, 0.25) is 0 Å². The largest absolute Gasteiger partial charge is 0.300 e. The van der Waals surface area contributed by atoms with E-state index >= 15 is 0 Å². The van der Waals surface area contributed by atoms with Crippen molar-refractivity contribution >= 4 is 0 Å². The molecule has 3 heteroatoms. The van der Waals surface area contributed by atoms with E-state index in [0.717, 1.165) is 19.6 Å². The van der Waals surface area contributed by atoms with Crippen LogP contribution in [0.15, 0.2) is 0 Å². The zero-order chi connectivity index (χ0) is 11.8. The molecule has 1 saturated heterocycles. The Bertz CT molecular complexity index is 301. The summed E-state index contributed by atoms with van der Waals surface area (Å²) in [6.07, 6.45) is 3.73. The second-order valence-corrected chi connectivity index (χ2v) is 6.49. The van der Waals surface area contributed by atoms with E-state index in [0.29, 0.717) is 11.5 Å². The molecule has 2 fully saturated rings. The maximum atomic E-state index is 9.31. The molecule has 3 nitrogen and oxygen atoms in total. The quantitative estimate of drug-likeness (QED) is 0.786. The number of nitrogens with zero attached hydrogens (tertiary/aromatic N) is 2. The highest BCUT2D eigenvalue weighted by Gasteiger charge is 2.37. The first-order valence-electron chi connectivity index (χ1n) is 6.34. The average Bonchev–Trinajstić information content (AvgIpc) is 2.92. The predicted molar refractivity (Wildman–Crippen MR) is 65.0 cm³/mol. The highest BCUT2D eigenvalue weighted by Crippen LogP contribution is 2.30. The molecule has 0 bridgehead atoms. The van der Waals surface area contributed by atoms with Gasteiger partial charge >= 0.3 is 0 Å². The number of hydrogen-bond acceptors (Lipinski definition) is 3. The third-order valence-electron chi connectivity index (χ3n) is 3.64. The summed E-state index contributed by atoms with van der Waals surface area (Å²) in [5.41, 5.74) is 0.0670. The number of nitriles is 1. The van der Waals surface area contributed by atoms with Crippen LogP contribution >= 0.6 is 0 Å². The van der Waals surface area contributed by atoms with Gasteiger partial charge in [0, 0.05) is 19.1 Å². The van der Waals surface area contributed by atoms with Gasteiger partial charge in [-0.3, -0.25) is 10.2 Å². The summed E-state index contributed by atoms with van der Waals surface area (Å²) in [7, 11) is 0. The molecular formula is C13H23N3. The van der Waals surface area contributed by atoms with E-state index in [1.165, 1.54) is 19.3 Å². The Morgan fingerprint density at radius 2 is 2.19 bits per heavy atom. The lowest BCUT2D eigenvalue weighted by atomic mass is 9.93. The summed E-state index contributed by atoms with van der Waals surface area (Å²) in [5, 5.41) is 12.8. The van der Waals surface area contributed by atoms with Crippen molar-refractivity contribution in [1.29, 1.82) is 5.26 Å². The minimum atomic E-state index is -0.360. The summed E-state index contributed by atoms with van der Waals surface area (Å²) in [6, 6.07) is 3.05. The smallest absolute Gasteiger partial charge is 0.116 e. The Morgan fingerprint density at radius 1 is 1.50 bits per heavy atom. The van der Waals surface area contributed by atoms with Crippen LogP contribution in [0.2, 0.25) is 0 Å². The fourth-order valence-electron chi connectivity index (χ4n) is 2.60. The van der Waals surface area contributed by atoms with Gasteiger partial charge in [0.25, 0.3) is 0 Å². The third kappa shape index (κ3) is 2.96. The van der Waals surface area contributed by atoms with Crippen LogP contribution in [0, 0.1) is 16.7 Å². The maximum Gasteiger partial charge on any atom is 0.116 e. The molecule has 0 spiro atoms. The van der Waals surface area contributed by atoms with Gasteiger partial charge < -0.3 is 0 Å². The van der Waals surface area contributed by atoms with E-state index in [1.54, 1.807) is 0 Å². The SMILES string of the molecule is CC1(C)CCN(CC(C)(C#N)NC2CC2)C1. The van der Waals surface area contributed by atoms with Crippen molar-refractivity contribution in [2.45, 2.75) is 51.6 Å². The van der Waals surface area contributed by atoms with Crippen molar-refractivity contribution in [2.24, 2.45) is 5.41 Å². The molecule has 1 saturated carbocycles. The van der Waals surface area contributed by atoms with Crippen LogP contribution in [0.1, 0.15) is 40.0 Å². The second-order valence-electron chi connectivity index (χ2n) is 6.49. The molecule has 16 heavy (non-hydrogen) atoms. The van der Waals surface area contributed by atoms with E-state index in [2.05, 4.69) is 30.1 Å². The van der Waals surface area contributed by atoms with Crippen molar-refractivity contribution in [3.05, 3.63) is 0 Å². The summed E-state index contributed by atoms with van der Waals surface area (Å²) < 4.78 is 0. The van der Waals surface area contributed by atoms with Gasteiger partial charge in [-0.2, -0.15) is 5.26 Å². The lowest BCUT2D eigenvalue weighted by Gasteiger charge is -2.29. The molecule has 0 aromatic rings. The number of rotatable bonds is 4. The second kappa shape index (κ2) is 4.01. The van der Waals surface area contributed by atoms with Gasteiger partial charge in [0.1, 0.15) is 5.54 Å². The predicted octanol–water partition coefficient (Wildman–Crippen LogP) is 1.75. The maximum absolute atomic E-state index is 9.31. The van der Waals surface area contributed by atoms with E-state index in [4.69, 9.17) is 0 Å². The monoisotopic (exact) mass is 221 g/mol. The summed E-state index contributed by atoms with van der Waals surface area (Å²) >= 11 is 0.